The first-order valence-electron chi connectivity index (χ1n) is 7.55. The number of nitrogens with zero attached hydrogens (tertiary/aromatic N) is 2. The normalized spacial score (nSPS) is 20.5. The number of imidazole rings is 1. The molecule has 0 amide bonds. The van der Waals surface area contributed by atoms with E-state index in [2.05, 4.69) is 35.6 Å². The lowest BCUT2D eigenvalue weighted by Crippen LogP contribution is -2.44. The van der Waals surface area contributed by atoms with Crippen LogP contribution in [0.25, 0.3) is 10.6 Å². The minimum atomic E-state index is 0.192. The van der Waals surface area contributed by atoms with Gasteiger partial charge < -0.3 is 9.72 Å². The first-order valence-corrected chi connectivity index (χ1v) is 8.74. The number of H-pyrrole nitrogens is 1. The van der Waals surface area contributed by atoms with Crippen molar-refractivity contribution in [3.63, 3.8) is 0 Å². The number of aromatic nitrogens is 2. The smallest absolute Gasteiger partial charge is 0.126 e. The second-order valence-electron chi connectivity index (χ2n) is 6.91. The van der Waals surface area contributed by atoms with Gasteiger partial charge in [0.15, 0.2) is 0 Å². The van der Waals surface area contributed by atoms with E-state index in [1.807, 2.05) is 18.3 Å². The quantitative estimate of drug-likeness (QED) is 0.910. The van der Waals surface area contributed by atoms with E-state index in [4.69, 9.17) is 16.3 Å². The van der Waals surface area contributed by atoms with Gasteiger partial charge in [-0.3, -0.25) is 4.90 Å². The fourth-order valence-corrected chi connectivity index (χ4v) is 3.79. The van der Waals surface area contributed by atoms with Gasteiger partial charge in [-0.05, 0) is 17.5 Å². The predicted molar refractivity (Wildman–Crippen MR) is 91.5 cm³/mol. The zero-order valence-corrected chi connectivity index (χ0v) is 14.8. The van der Waals surface area contributed by atoms with Crippen LogP contribution in [0.3, 0.4) is 0 Å². The average molecular weight is 340 g/mol. The fourth-order valence-electron chi connectivity index (χ4n) is 2.78. The monoisotopic (exact) mass is 339 g/mol. The summed E-state index contributed by atoms with van der Waals surface area (Å²) in [6.45, 7) is 10.3. The SMILES string of the molecule is CC(C)(C)CN1CCOC[C@H]1c1ncc(-c2ccc(Cl)s2)[nH]1. The number of thiophene rings is 1. The van der Waals surface area contributed by atoms with Gasteiger partial charge in [0.05, 0.1) is 40.4 Å². The molecular formula is C16H22ClN3OS. The highest BCUT2D eigenvalue weighted by Crippen LogP contribution is 2.32. The van der Waals surface area contributed by atoms with E-state index in [1.54, 1.807) is 11.3 Å². The van der Waals surface area contributed by atoms with Crippen molar-refractivity contribution >= 4 is 22.9 Å². The van der Waals surface area contributed by atoms with E-state index in [0.717, 1.165) is 40.4 Å². The van der Waals surface area contributed by atoms with Gasteiger partial charge >= 0.3 is 0 Å². The molecule has 1 aliphatic rings. The van der Waals surface area contributed by atoms with E-state index in [1.165, 1.54) is 0 Å². The summed E-state index contributed by atoms with van der Waals surface area (Å²) < 4.78 is 6.47. The molecule has 3 rings (SSSR count). The Hall–Kier alpha value is -0.880. The van der Waals surface area contributed by atoms with Crippen LogP contribution in [0.1, 0.15) is 32.6 Å². The van der Waals surface area contributed by atoms with E-state index >= 15 is 0 Å². The molecule has 1 saturated heterocycles. The summed E-state index contributed by atoms with van der Waals surface area (Å²) in [4.78, 5) is 11.6. The zero-order chi connectivity index (χ0) is 15.7. The number of nitrogens with one attached hydrogen (secondary N) is 1. The molecule has 1 aliphatic heterocycles. The molecule has 22 heavy (non-hydrogen) atoms. The molecule has 1 atom stereocenters. The van der Waals surface area contributed by atoms with E-state index in [-0.39, 0.29) is 11.5 Å². The highest BCUT2D eigenvalue weighted by Gasteiger charge is 2.30. The van der Waals surface area contributed by atoms with Crippen LogP contribution >= 0.6 is 22.9 Å². The average Bonchev–Trinajstić information content (AvgIpc) is 3.06. The standard InChI is InChI=1S/C16H22ClN3OS/c1-16(2,3)10-20-6-7-21-9-12(20)15-18-8-11(19-15)13-4-5-14(17)22-13/h4-5,8,12H,6-7,9-10H2,1-3H3,(H,18,19)/t12-/m0/s1. The Balaban J connectivity index is 1.81. The second-order valence-corrected chi connectivity index (χ2v) is 8.62. The Labute approximate surface area is 140 Å². The van der Waals surface area contributed by atoms with Crippen molar-refractivity contribution in [1.82, 2.24) is 14.9 Å². The van der Waals surface area contributed by atoms with Gasteiger partial charge in [-0.2, -0.15) is 0 Å². The molecule has 3 heterocycles. The van der Waals surface area contributed by atoms with Crippen LogP contribution in [0.5, 0.6) is 0 Å². The van der Waals surface area contributed by atoms with Gasteiger partial charge in [0.1, 0.15) is 5.82 Å². The zero-order valence-electron chi connectivity index (χ0n) is 13.2. The van der Waals surface area contributed by atoms with E-state index in [0.29, 0.717) is 6.61 Å². The summed E-state index contributed by atoms with van der Waals surface area (Å²) >= 11 is 7.58. The minimum Gasteiger partial charge on any atom is -0.378 e. The topological polar surface area (TPSA) is 41.1 Å². The Morgan fingerprint density at radius 3 is 2.95 bits per heavy atom. The van der Waals surface area contributed by atoms with Gasteiger partial charge in [-0.15, -0.1) is 11.3 Å². The molecule has 0 aliphatic carbocycles. The number of ether oxygens (including phenoxy) is 1. The number of morpholine rings is 1. The Morgan fingerprint density at radius 1 is 1.45 bits per heavy atom. The van der Waals surface area contributed by atoms with Crippen LogP contribution in [0.15, 0.2) is 18.3 Å². The largest absolute Gasteiger partial charge is 0.378 e. The Kier molecular flexibility index (Phi) is 4.59. The first-order chi connectivity index (χ1) is 10.4. The van der Waals surface area contributed by atoms with Crippen molar-refractivity contribution in [2.24, 2.45) is 5.41 Å². The maximum atomic E-state index is 6.02. The summed E-state index contributed by atoms with van der Waals surface area (Å²) in [5.74, 6) is 0.975. The van der Waals surface area contributed by atoms with E-state index in [9.17, 15) is 0 Å². The minimum absolute atomic E-state index is 0.192. The number of hydrogen-bond donors (Lipinski definition) is 1. The summed E-state index contributed by atoms with van der Waals surface area (Å²) in [5.41, 5.74) is 1.28. The maximum Gasteiger partial charge on any atom is 0.126 e. The molecule has 0 aromatic carbocycles. The third kappa shape index (κ3) is 3.71. The highest BCUT2D eigenvalue weighted by molar-refractivity contribution is 7.19. The molecule has 0 bridgehead atoms. The van der Waals surface area contributed by atoms with Gasteiger partial charge in [0, 0.05) is 13.1 Å². The number of rotatable bonds is 3. The molecule has 0 saturated carbocycles. The van der Waals surface area contributed by atoms with E-state index < -0.39 is 0 Å². The van der Waals surface area contributed by atoms with Gasteiger partial charge in [0.2, 0.25) is 0 Å². The van der Waals surface area contributed by atoms with Crippen LogP contribution in [-0.4, -0.2) is 41.2 Å². The van der Waals surface area contributed by atoms with Crippen LogP contribution < -0.4 is 0 Å². The van der Waals surface area contributed by atoms with Crippen LogP contribution in [0.4, 0.5) is 0 Å². The van der Waals surface area contributed by atoms with Crippen LogP contribution in [0, 0.1) is 5.41 Å². The first kappa shape index (κ1) is 16.0. The summed E-state index contributed by atoms with van der Waals surface area (Å²) in [7, 11) is 0. The van der Waals surface area contributed by atoms with Gasteiger partial charge in [-0.1, -0.05) is 32.4 Å². The van der Waals surface area contributed by atoms with Gasteiger partial charge in [-0.25, -0.2) is 4.98 Å². The molecule has 1 fully saturated rings. The fraction of sp³-hybridized carbons (Fsp3) is 0.562. The lowest BCUT2D eigenvalue weighted by atomic mass is 9.95. The molecule has 1 N–H and O–H groups in total. The molecule has 0 unspecified atom stereocenters. The van der Waals surface area contributed by atoms with Crippen molar-refractivity contribution in [3.8, 4) is 10.6 Å². The summed E-state index contributed by atoms with van der Waals surface area (Å²) in [6.07, 6.45) is 1.89. The molecule has 6 heteroatoms. The van der Waals surface area contributed by atoms with Crippen molar-refractivity contribution in [3.05, 3.63) is 28.5 Å². The van der Waals surface area contributed by atoms with Crippen LogP contribution in [-0.2, 0) is 4.74 Å². The van der Waals surface area contributed by atoms with Crippen molar-refractivity contribution in [2.45, 2.75) is 26.8 Å². The Bertz CT molecular complexity index is 631. The van der Waals surface area contributed by atoms with Crippen molar-refractivity contribution in [1.29, 1.82) is 0 Å². The molecular weight excluding hydrogens is 318 g/mol. The molecule has 0 spiro atoms. The number of aromatic amines is 1. The number of halogens is 1. The van der Waals surface area contributed by atoms with Crippen molar-refractivity contribution < 1.29 is 4.74 Å². The lowest BCUT2D eigenvalue weighted by Gasteiger charge is -2.38. The number of hydrogen-bond acceptors (Lipinski definition) is 4. The molecule has 0 radical (unpaired) electrons. The Morgan fingerprint density at radius 2 is 2.27 bits per heavy atom. The highest BCUT2D eigenvalue weighted by atomic mass is 35.5. The molecule has 2 aromatic rings. The predicted octanol–water partition coefficient (Wildman–Crippen LogP) is 4.21. The van der Waals surface area contributed by atoms with Gasteiger partial charge in [0.25, 0.3) is 0 Å². The summed E-state index contributed by atoms with van der Waals surface area (Å²) in [6, 6.07) is 4.13. The lowest BCUT2D eigenvalue weighted by molar-refractivity contribution is -0.0246. The third-order valence-corrected chi connectivity index (χ3v) is 4.93. The van der Waals surface area contributed by atoms with Crippen molar-refractivity contribution in [2.75, 3.05) is 26.3 Å². The maximum absolute atomic E-state index is 6.02. The summed E-state index contributed by atoms with van der Waals surface area (Å²) in [5, 5.41) is 0. The molecule has 4 nitrogen and oxygen atoms in total. The second kappa shape index (κ2) is 6.32. The molecule has 120 valence electrons. The van der Waals surface area contributed by atoms with Crippen LogP contribution in [0.2, 0.25) is 4.34 Å². The molecule has 2 aromatic heterocycles. The third-order valence-electron chi connectivity index (χ3n) is 3.67.